The summed E-state index contributed by atoms with van der Waals surface area (Å²) in [6.07, 6.45) is 5.50. The molecule has 6 nitrogen and oxygen atoms in total. The molecule has 0 bridgehead atoms. The van der Waals surface area contributed by atoms with E-state index in [0.29, 0.717) is 6.54 Å². The minimum atomic E-state index is -0.0177. The van der Waals surface area contributed by atoms with Gasteiger partial charge in [0.1, 0.15) is 11.4 Å². The van der Waals surface area contributed by atoms with Gasteiger partial charge in [-0.3, -0.25) is 9.48 Å². The number of aromatic nitrogens is 2. The summed E-state index contributed by atoms with van der Waals surface area (Å²) in [5.41, 5.74) is 6.34. The molecule has 0 radical (unpaired) electrons. The molecule has 1 aromatic heterocycles. The molecule has 1 amide bonds. The SMILES string of the molecule is COc1cccc(-c2nn(Cc3ccccc3)cc2/C=N\NC(=O)C2CC2)c1. The maximum atomic E-state index is 11.8. The number of hydrazone groups is 1. The van der Waals surface area contributed by atoms with E-state index in [0.717, 1.165) is 41.0 Å². The Morgan fingerprint density at radius 3 is 2.82 bits per heavy atom. The summed E-state index contributed by atoms with van der Waals surface area (Å²) in [6.45, 7) is 0.653. The molecule has 1 saturated carbocycles. The third-order valence-electron chi connectivity index (χ3n) is 4.65. The Balaban J connectivity index is 1.62. The number of ether oxygens (including phenoxy) is 1. The largest absolute Gasteiger partial charge is 0.497 e. The monoisotopic (exact) mass is 374 g/mol. The summed E-state index contributed by atoms with van der Waals surface area (Å²) in [7, 11) is 1.64. The second-order valence-electron chi connectivity index (χ2n) is 6.86. The summed E-state index contributed by atoms with van der Waals surface area (Å²) in [5.74, 6) is 0.867. The number of amides is 1. The van der Waals surface area contributed by atoms with Gasteiger partial charge in [0.05, 0.1) is 19.9 Å². The number of carbonyl (C=O) groups excluding carboxylic acids is 1. The molecular weight excluding hydrogens is 352 g/mol. The lowest BCUT2D eigenvalue weighted by atomic mass is 10.1. The second kappa shape index (κ2) is 8.08. The van der Waals surface area contributed by atoms with Crippen molar-refractivity contribution in [2.45, 2.75) is 19.4 Å². The zero-order valence-corrected chi connectivity index (χ0v) is 15.7. The first-order valence-corrected chi connectivity index (χ1v) is 9.31. The van der Waals surface area contributed by atoms with E-state index in [2.05, 4.69) is 22.7 Å². The van der Waals surface area contributed by atoms with Crippen molar-refractivity contribution in [2.24, 2.45) is 11.0 Å². The molecule has 0 saturated heterocycles. The molecule has 1 fully saturated rings. The fraction of sp³-hybridized carbons (Fsp3) is 0.227. The van der Waals surface area contributed by atoms with Crippen molar-refractivity contribution < 1.29 is 9.53 Å². The normalized spacial score (nSPS) is 13.6. The van der Waals surface area contributed by atoms with Crippen molar-refractivity contribution >= 4 is 12.1 Å². The van der Waals surface area contributed by atoms with Crippen LogP contribution in [0, 0.1) is 5.92 Å². The van der Waals surface area contributed by atoms with Gasteiger partial charge in [0.2, 0.25) is 5.91 Å². The molecule has 1 heterocycles. The van der Waals surface area contributed by atoms with Crippen molar-refractivity contribution in [1.29, 1.82) is 0 Å². The van der Waals surface area contributed by atoms with Crippen LogP contribution >= 0.6 is 0 Å². The van der Waals surface area contributed by atoms with Crippen LogP contribution in [0.5, 0.6) is 5.75 Å². The molecule has 0 atom stereocenters. The Kier molecular flexibility index (Phi) is 5.19. The van der Waals surface area contributed by atoms with Gasteiger partial charge < -0.3 is 4.74 Å². The van der Waals surface area contributed by atoms with Gasteiger partial charge in [-0.1, -0.05) is 42.5 Å². The molecule has 1 aliphatic carbocycles. The van der Waals surface area contributed by atoms with Gasteiger partial charge in [0.15, 0.2) is 0 Å². The van der Waals surface area contributed by atoms with Crippen molar-refractivity contribution in [3.05, 3.63) is 71.9 Å². The predicted molar refractivity (Wildman–Crippen MR) is 108 cm³/mol. The van der Waals surface area contributed by atoms with E-state index in [4.69, 9.17) is 9.84 Å². The van der Waals surface area contributed by atoms with Crippen molar-refractivity contribution in [2.75, 3.05) is 7.11 Å². The second-order valence-corrected chi connectivity index (χ2v) is 6.86. The fourth-order valence-electron chi connectivity index (χ4n) is 2.98. The Morgan fingerprint density at radius 1 is 1.25 bits per heavy atom. The van der Waals surface area contributed by atoms with Crippen LogP contribution in [0.4, 0.5) is 0 Å². The van der Waals surface area contributed by atoms with Crippen LogP contribution in [0.1, 0.15) is 24.0 Å². The number of benzene rings is 2. The van der Waals surface area contributed by atoms with Crippen molar-refractivity contribution in [1.82, 2.24) is 15.2 Å². The van der Waals surface area contributed by atoms with Gasteiger partial charge in [-0.25, -0.2) is 5.43 Å². The average Bonchev–Trinajstić information content (AvgIpc) is 3.51. The standard InChI is InChI=1S/C22H22N4O2/c1-28-20-9-5-8-18(12-20)21-19(13-23-24-22(27)17-10-11-17)15-26(25-21)14-16-6-3-2-4-7-16/h2-9,12-13,15,17H,10-11,14H2,1H3,(H,24,27)/b23-13-. The number of nitrogens with one attached hydrogen (secondary N) is 1. The molecule has 4 rings (SSSR count). The first kappa shape index (κ1) is 18.0. The quantitative estimate of drug-likeness (QED) is 0.509. The minimum Gasteiger partial charge on any atom is -0.497 e. The van der Waals surface area contributed by atoms with Gasteiger partial charge in [-0.2, -0.15) is 10.2 Å². The Labute approximate surface area is 163 Å². The summed E-state index contributed by atoms with van der Waals surface area (Å²) >= 11 is 0. The number of rotatable bonds is 7. The lowest BCUT2D eigenvalue weighted by Gasteiger charge is -2.03. The third-order valence-corrected chi connectivity index (χ3v) is 4.65. The molecule has 28 heavy (non-hydrogen) atoms. The fourth-order valence-corrected chi connectivity index (χ4v) is 2.98. The molecule has 0 unspecified atom stereocenters. The van der Waals surface area contributed by atoms with Gasteiger partial charge in [0, 0.05) is 23.2 Å². The number of nitrogens with zero attached hydrogens (tertiary/aromatic N) is 3. The molecule has 0 spiro atoms. The van der Waals surface area contributed by atoms with Crippen LogP contribution in [0.15, 0.2) is 65.9 Å². The number of hydrogen-bond donors (Lipinski definition) is 1. The van der Waals surface area contributed by atoms with E-state index in [1.165, 1.54) is 0 Å². The van der Waals surface area contributed by atoms with Crippen LogP contribution in [-0.4, -0.2) is 29.0 Å². The number of methoxy groups -OCH3 is 1. The highest BCUT2D eigenvalue weighted by Crippen LogP contribution is 2.29. The van der Waals surface area contributed by atoms with E-state index in [-0.39, 0.29) is 11.8 Å². The van der Waals surface area contributed by atoms with Crippen LogP contribution in [0.3, 0.4) is 0 Å². The van der Waals surface area contributed by atoms with Gasteiger partial charge >= 0.3 is 0 Å². The summed E-state index contributed by atoms with van der Waals surface area (Å²) in [6, 6.07) is 17.9. The van der Waals surface area contributed by atoms with Crippen molar-refractivity contribution in [3.63, 3.8) is 0 Å². The number of hydrogen-bond acceptors (Lipinski definition) is 4. The van der Waals surface area contributed by atoms with Crippen LogP contribution < -0.4 is 10.2 Å². The Hall–Kier alpha value is -3.41. The van der Waals surface area contributed by atoms with E-state index in [1.54, 1.807) is 13.3 Å². The van der Waals surface area contributed by atoms with Gasteiger partial charge in [-0.15, -0.1) is 0 Å². The lowest BCUT2D eigenvalue weighted by molar-refractivity contribution is -0.122. The first-order chi connectivity index (χ1) is 13.7. The molecular formula is C22H22N4O2. The van der Waals surface area contributed by atoms with E-state index in [1.807, 2.05) is 53.3 Å². The Bertz CT molecular complexity index is 991. The Morgan fingerprint density at radius 2 is 2.07 bits per heavy atom. The zero-order valence-electron chi connectivity index (χ0n) is 15.7. The molecule has 3 aromatic rings. The first-order valence-electron chi connectivity index (χ1n) is 9.31. The highest BCUT2D eigenvalue weighted by molar-refractivity contribution is 5.90. The molecule has 1 N–H and O–H groups in total. The summed E-state index contributed by atoms with van der Waals surface area (Å²) in [5, 5.41) is 8.90. The summed E-state index contributed by atoms with van der Waals surface area (Å²) < 4.78 is 7.22. The van der Waals surface area contributed by atoms with Crippen LogP contribution in [0.25, 0.3) is 11.3 Å². The van der Waals surface area contributed by atoms with Gasteiger partial charge in [0.25, 0.3) is 0 Å². The minimum absolute atomic E-state index is 0.0177. The molecule has 142 valence electrons. The van der Waals surface area contributed by atoms with Crippen LogP contribution in [-0.2, 0) is 11.3 Å². The molecule has 1 aliphatic rings. The maximum absolute atomic E-state index is 11.8. The van der Waals surface area contributed by atoms with E-state index >= 15 is 0 Å². The number of carbonyl (C=O) groups is 1. The summed E-state index contributed by atoms with van der Waals surface area (Å²) in [4.78, 5) is 11.8. The highest BCUT2D eigenvalue weighted by Gasteiger charge is 2.29. The average molecular weight is 374 g/mol. The smallest absolute Gasteiger partial charge is 0.243 e. The van der Waals surface area contributed by atoms with Crippen LogP contribution in [0.2, 0.25) is 0 Å². The zero-order chi connectivity index (χ0) is 19.3. The van der Waals surface area contributed by atoms with Gasteiger partial charge in [-0.05, 0) is 30.5 Å². The molecule has 2 aromatic carbocycles. The van der Waals surface area contributed by atoms with E-state index in [9.17, 15) is 4.79 Å². The lowest BCUT2D eigenvalue weighted by Crippen LogP contribution is -2.18. The van der Waals surface area contributed by atoms with Crippen molar-refractivity contribution in [3.8, 4) is 17.0 Å². The third kappa shape index (κ3) is 4.28. The van der Waals surface area contributed by atoms with E-state index < -0.39 is 0 Å². The topological polar surface area (TPSA) is 68.5 Å². The maximum Gasteiger partial charge on any atom is 0.243 e. The molecule has 6 heteroatoms. The highest BCUT2D eigenvalue weighted by atomic mass is 16.5. The molecule has 0 aliphatic heterocycles. The predicted octanol–water partition coefficient (Wildman–Crippen LogP) is 3.47.